The van der Waals surface area contributed by atoms with E-state index >= 15 is 0 Å². The zero-order chi connectivity index (χ0) is 16.8. The summed E-state index contributed by atoms with van der Waals surface area (Å²) in [4.78, 5) is 4.54. The van der Waals surface area contributed by atoms with Gasteiger partial charge in [0.1, 0.15) is 6.23 Å². The van der Waals surface area contributed by atoms with E-state index in [-0.39, 0.29) is 0 Å². The van der Waals surface area contributed by atoms with Crippen molar-refractivity contribution in [3.8, 4) is 0 Å². The Balaban J connectivity index is 2.38. The molecule has 0 amide bonds. The van der Waals surface area contributed by atoms with Gasteiger partial charge < -0.3 is 14.9 Å². The van der Waals surface area contributed by atoms with Gasteiger partial charge >= 0.3 is 0 Å². The van der Waals surface area contributed by atoms with Crippen LogP contribution < -0.4 is 4.90 Å². The molecule has 23 heavy (non-hydrogen) atoms. The van der Waals surface area contributed by atoms with Crippen molar-refractivity contribution in [1.82, 2.24) is 4.90 Å². The van der Waals surface area contributed by atoms with E-state index in [0.29, 0.717) is 0 Å². The summed E-state index contributed by atoms with van der Waals surface area (Å²) in [6.07, 6.45) is 0.271. The molecule has 3 nitrogen and oxygen atoms in total. The molecule has 0 aliphatic rings. The highest BCUT2D eigenvalue weighted by atomic mass is 127. The summed E-state index contributed by atoms with van der Waals surface area (Å²) >= 11 is 2.38. The van der Waals surface area contributed by atoms with Crippen LogP contribution in [0.1, 0.15) is 27.2 Å². The summed E-state index contributed by atoms with van der Waals surface area (Å²) in [6, 6.07) is 12.7. The van der Waals surface area contributed by atoms with Gasteiger partial charge in [-0.3, -0.25) is 0 Å². The second-order valence-electron chi connectivity index (χ2n) is 5.72. The van der Waals surface area contributed by atoms with Crippen molar-refractivity contribution in [2.75, 3.05) is 31.1 Å². The lowest BCUT2D eigenvalue weighted by Gasteiger charge is -2.32. The molecule has 0 aliphatic heterocycles. The van der Waals surface area contributed by atoms with Gasteiger partial charge in [-0.15, -0.1) is 0 Å². The van der Waals surface area contributed by atoms with Crippen molar-refractivity contribution in [3.63, 3.8) is 0 Å². The molecule has 0 fully saturated rings. The minimum absolute atomic E-state index is 0.450. The second-order valence-corrected chi connectivity index (χ2v) is 6.88. The highest BCUT2D eigenvalue weighted by Crippen LogP contribution is 2.31. The summed E-state index contributed by atoms with van der Waals surface area (Å²) in [5.41, 5.74) is 1.13. The Labute approximate surface area is 153 Å². The van der Waals surface area contributed by atoms with Crippen molar-refractivity contribution in [2.45, 2.75) is 33.4 Å². The third-order valence-corrected chi connectivity index (χ3v) is 5.37. The van der Waals surface area contributed by atoms with Crippen LogP contribution in [0.15, 0.2) is 36.4 Å². The maximum atomic E-state index is 10.6. The van der Waals surface area contributed by atoms with E-state index in [1.807, 2.05) is 6.92 Å². The van der Waals surface area contributed by atoms with Crippen LogP contribution >= 0.6 is 22.6 Å². The molecule has 2 aromatic rings. The van der Waals surface area contributed by atoms with Crippen molar-refractivity contribution in [3.05, 3.63) is 40.0 Å². The Morgan fingerprint density at radius 2 is 1.61 bits per heavy atom. The molecule has 0 saturated heterocycles. The van der Waals surface area contributed by atoms with Crippen LogP contribution in [0.3, 0.4) is 0 Å². The predicted octanol–water partition coefficient (Wildman–Crippen LogP) is 4.32. The first-order valence-corrected chi connectivity index (χ1v) is 9.54. The molecule has 0 saturated carbocycles. The molecule has 1 unspecified atom stereocenters. The lowest BCUT2D eigenvalue weighted by atomic mass is 10.1. The number of aliphatic hydroxyl groups is 1. The lowest BCUT2D eigenvalue weighted by Crippen LogP contribution is -2.41. The average Bonchev–Trinajstić information content (AvgIpc) is 2.60. The Hall–Kier alpha value is -0.850. The lowest BCUT2D eigenvalue weighted by molar-refractivity contribution is 0.159. The van der Waals surface area contributed by atoms with E-state index in [0.717, 1.165) is 38.3 Å². The van der Waals surface area contributed by atoms with Crippen LogP contribution in [0.4, 0.5) is 5.69 Å². The largest absolute Gasteiger partial charge is 0.374 e. The van der Waals surface area contributed by atoms with Crippen molar-refractivity contribution in [2.24, 2.45) is 0 Å². The van der Waals surface area contributed by atoms with Gasteiger partial charge in [-0.1, -0.05) is 45.0 Å². The van der Waals surface area contributed by atoms with Gasteiger partial charge in [0.2, 0.25) is 0 Å². The fourth-order valence-electron chi connectivity index (χ4n) is 2.94. The summed E-state index contributed by atoms with van der Waals surface area (Å²) in [6.45, 7) is 10.3. The maximum absolute atomic E-state index is 10.6. The number of nitrogens with zero attached hydrogens (tertiary/aromatic N) is 2. The highest BCUT2D eigenvalue weighted by molar-refractivity contribution is 14.1. The molecule has 126 valence electrons. The quantitative estimate of drug-likeness (QED) is 0.503. The van der Waals surface area contributed by atoms with Gasteiger partial charge in [-0.05, 0) is 59.6 Å². The van der Waals surface area contributed by atoms with E-state index in [1.54, 1.807) is 0 Å². The van der Waals surface area contributed by atoms with Crippen molar-refractivity contribution in [1.29, 1.82) is 0 Å². The summed E-state index contributed by atoms with van der Waals surface area (Å²) in [7, 11) is 0. The van der Waals surface area contributed by atoms with Crippen LogP contribution in [0, 0.1) is 3.57 Å². The van der Waals surface area contributed by atoms with Crippen LogP contribution in [0.5, 0.6) is 0 Å². The molecule has 1 N–H and O–H groups in total. The van der Waals surface area contributed by atoms with Gasteiger partial charge in [0, 0.05) is 27.7 Å². The molecule has 0 aromatic heterocycles. The van der Waals surface area contributed by atoms with Crippen molar-refractivity contribution >= 4 is 39.1 Å². The first kappa shape index (κ1) is 18.5. The van der Waals surface area contributed by atoms with Crippen LogP contribution in [0.2, 0.25) is 0 Å². The minimum Gasteiger partial charge on any atom is -0.374 e. The van der Waals surface area contributed by atoms with E-state index < -0.39 is 6.23 Å². The third kappa shape index (κ3) is 4.37. The fourth-order valence-corrected chi connectivity index (χ4v) is 3.59. The number of halogens is 1. The van der Waals surface area contributed by atoms with Crippen LogP contribution in [0.25, 0.3) is 10.8 Å². The molecule has 0 radical (unpaired) electrons. The zero-order valence-corrected chi connectivity index (χ0v) is 16.5. The van der Waals surface area contributed by atoms with Gasteiger partial charge in [-0.25, -0.2) is 0 Å². The molecule has 4 heteroatoms. The molecule has 0 bridgehead atoms. The monoisotopic (exact) mass is 426 g/mol. The Kier molecular flexibility index (Phi) is 7.11. The number of hydrogen-bond acceptors (Lipinski definition) is 3. The molecule has 0 aliphatic carbocycles. The number of rotatable bonds is 8. The number of fused-ring (bicyclic) bond motifs is 1. The van der Waals surface area contributed by atoms with Gasteiger partial charge in [0.05, 0.1) is 0 Å². The standard InChI is InChI=1S/C19H27IN2O/c1-4-19(23)22(14-13-21(5-2)6-3)18-12-11-17(20)15-9-7-8-10-16(15)18/h7-12,19,23H,4-6,13-14H2,1-3H3. The number of hydrogen-bond donors (Lipinski definition) is 1. The molecule has 2 aromatic carbocycles. The van der Waals surface area contributed by atoms with Gasteiger partial charge in [0.15, 0.2) is 0 Å². The van der Waals surface area contributed by atoms with E-state index in [4.69, 9.17) is 0 Å². The first-order valence-electron chi connectivity index (χ1n) is 8.46. The Morgan fingerprint density at radius 3 is 2.22 bits per heavy atom. The topological polar surface area (TPSA) is 26.7 Å². The smallest absolute Gasteiger partial charge is 0.126 e. The second kappa shape index (κ2) is 8.85. The van der Waals surface area contributed by atoms with Crippen LogP contribution in [-0.4, -0.2) is 42.4 Å². The molecular formula is C19H27IN2O. The number of aliphatic hydroxyl groups excluding tert-OH is 1. The van der Waals surface area contributed by atoms with E-state index in [1.165, 1.54) is 14.3 Å². The molecule has 1 atom stereocenters. The molecular weight excluding hydrogens is 399 g/mol. The average molecular weight is 426 g/mol. The summed E-state index contributed by atoms with van der Waals surface area (Å²) in [5.74, 6) is 0. The van der Waals surface area contributed by atoms with E-state index in [2.05, 4.69) is 82.6 Å². The number of anilines is 1. The van der Waals surface area contributed by atoms with Crippen molar-refractivity contribution < 1.29 is 5.11 Å². The first-order chi connectivity index (χ1) is 11.1. The van der Waals surface area contributed by atoms with Gasteiger partial charge in [0.25, 0.3) is 0 Å². The van der Waals surface area contributed by atoms with E-state index in [9.17, 15) is 5.11 Å². The fraction of sp³-hybridized carbons (Fsp3) is 0.474. The maximum Gasteiger partial charge on any atom is 0.126 e. The number of likely N-dealkylation sites (N-methyl/N-ethyl adjacent to an activating group) is 1. The summed E-state index contributed by atoms with van der Waals surface area (Å²) in [5, 5.41) is 13.0. The normalized spacial score (nSPS) is 12.8. The Morgan fingerprint density at radius 1 is 0.957 bits per heavy atom. The van der Waals surface area contributed by atoms with Gasteiger partial charge in [-0.2, -0.15) is 0 Å². The SMILES string of the molecule is CCC(O)N(CCN(CC)CC)c1ccc(I)c2ccccc12. The van der Waals surface area contributed by atoms with Crippen LogP contribution in [-0.2, 0) is 0 Å². The number of benzene rings is 2. The molecule has 2 rings (SSSR count). The molecule has 0 heterocycles. The third-order valence-electron chi connectivity index (χ3n) is 4.43. The highest BCUT2D eigenvalue weighted by Gasteiger charge is 2.18. The zero-order valence-electron chi connectivity index (χ0n) is 14.3. The Bertz CT molecular complexity index is 628. The summed E-state index contributed by atoms with van der Waals surface area (Å²) < 4.78 is 1.25. The molecule has 0 spiro atoms. The predicted molar refractivity (Wildman–Crippen MR) is 108 cm³/mol. The minimum atomic E-state index is -0.450.